The van der Waals surface area contributed by atoms with Crippen molar-refractivity contribution in [1.82, 2.24) is 14.9 Å². The minimum atomic E-state index is -4.41. The molecule has 0 bridgehead atoms. The Hall–Kier alpha value is -2.71. The summed E-state index contributed by atoms with van der Waals surface area (Å²) in [5, 5.41) is 13.2. The van der Waals surface area contributed by atoms with E-state index in [2.05, 4.69) is 10.3 Å². The smallest absolute Gasteiger partial charge is 0.391 e. The number of aliphatic hydroxyl groups is 1. The second kappa shape index (κ2) is 8.20. The molecule has 8 heteroatoms. The number of Topliss-reactive ketones (excluding diaryl/α,β-unsaturated/α-hetero) is 1. The summed E-state index contributed by atoms with van der Waals surface area (Å²) >= 11 is 0. The van der Waals surface area contributed by atoms with Crippen LogP contribution in [0, 0.1) is 0 Å². The molecule has 1 aliphatic heterocycles. The first-order chi connectivity index (χ1) is 14.3. The number of ketones is 1. The SMILES string of the molecule is O=C(C[C@H]1NCCC[C@@H]1O)Cn1cnc2ccc(-c3cccc(C(F)(F)F)c3)cc21. The standard InChI is InChI=1S/C22H22F3N3O2/c23-22(24,25)16-4-1-3-14(9-16)15-6-7-18-20(10-15)28(13-27-18)12-17(29)11-19-21(30)5-2-8-26-19/h1,3-4,6-7,9-10,13,19,21,26,30H,2,5,8,11-12H2/t19-,21+/m1/s1. The molecule has 0 amide bonds. The van der Waals surface area contributed by atoms with Crippen molar-refractivity contribution in [3.63, 3.8) is 0 Å². The lowest BCUT2D eigenvalue weighted by Crippen LogP contribution is -2.46. The molecule has 0 spiro atoms. The number of aliphatic hydroxyl groups excluding tert-OH is 1. The highest BCUT2D eigenvalue weighted by atomic mass is 19.4. The second-order valence-electron chi connectivity index (χ2n) is 7.67. The van der Waals surface area contributed by atoms with E-state index < -0.39 is 17.8 Å². The molecule has 1 aromatic heterocycles. The van der Waals surface area contributed by atoms with Crippen LogP contribution < -0.4 is 5.32 Å². The number of aromatic nitrogens is 2. The fourth-order valence-corrected chi connectivity index (χ4v) is 3.88. The van der Waals surface area contributed by atoms with Crippen LogP contribution in [-0.4, -0.2) is 39.1 Å². The molecule has 158 valence electrons. The fraction of sp³-hybridized carbons (Fsp3) is 0.364. The largest absolute Gasteiger partial charge is 0.416 e. The number of carbonyl (C=O) groups is 1. The summed E-state index contributed by atoms with van der Waals surface area (Å²) in [6.07, 6.45) is -1.60. The van der Waals surface area contributed by atoms with Gasteiger partial charge in [0.05, 0.1) is 35.6 Å². The third kappa shape index (κ3) is 4.39. The first kappa shape index (κ1) is 20.6. The summed E-state index contributed by atoms with van der Waals surface area (Å²) in [6.45, 7) is 0.872. The molecule has 2 N–H and O–H groups in total. The Bertz CT molecular complexity index is 1060. The minimum absolute atomic E-state index is 0.0442. The van der Waals surface area contributed by atoms with Crippen molar-refractivity contribution in [2.24, 2.45) is 0 Å². The number of halogens is 3. The number of nitrogens with zero attached hydrogens (tertiary/aromatic N) is 2. The lowest BCUT2D eigenvalue weighted by molar-refractivity contribution is -0.137. The lowest BCUT2D eigenvalue weighted by atomic mass is 9.97. The lowest BCUT2D eigenvalue weighted by Gasteiger charge is -2.28. The molecule has 2 heterocycles. The number of fused-ring (bicyclic) bond motifs is 1. The summed E-state index contributed by atoms with van der Waals surface area (Å²) in [4.78, 5) is 16.8. The van der Waals surface area contributed by atoms with Crippen LogP contribution in [0.4, 0.5) is 13.2 Å². The molecule has 0 saturated carbocycles. The molecule has 1 aliphatic rings. The van der Waals surface area contributed by atoms with Gasteiger partial charge < -0.3 is 15.0 Å². The highest BCUT2D eigenvalue weighted by molar-refractivity contribution is 5.85. The zero-order chi connectivity index (χ0) is 21.3. The Labute approximate surface area is 171 Å². The molecule has 1 saturated heterocycles. The predicted molar refractivity (Wildman–Crippen MR) is 107 cm³/mol. The number of hydrogen-bond acceptors (Lipinski definition) is 4. The number of nitrogens with one attached hydrogen (secondary N) is 1. The van der Waals surface area contributed by atoms with Gasteiger partial charge in [0, 0.05) is 12.5 Å². The van der Waals surface area contributed by atoms with Crippen molar-refractivity contribution in [3.8, 4) is 11.1 Å². The Morgan fingerprint density at radius 2 is 2.00 bits per heavy atom. The normalized spacial score (nSPS) is 19.9. The maximum Gasteiger partial charge on any atom is 0.416 e. The van der Waals surface area contributed by atoms with Crippen molar-refractivity contribution >= 4 is 16.8 Å². The van der Waals surface area contributed by atoms with Gasteiger partial charge >= 0.3 is 6.18 Å². The molecular formula is C22H22F3N3O2. The third-order valence-electron chi connectivity index (χ3n) is 5.49. The second-order valence-corrected chi connectivity index (χ2v) is 7.67. The third-order valence-corrected chi connectivity index (χ3v) is 5.49. The van der Waals surface area contributed by atoms with Gasteiger partial charge in [-0.25, -0.2) is 4.98 Å². The first-order valence-corrected chi connectivity index (χ1v) is 9.87. The molecule has 0 unspecified atom stereocenters. The Morgan fingerprint density at radius 1 is 1.20 bits per heavy atom. The van der Waals surface area contributed by atoms with E-state index >= 15 is 0 Å². The van der Waals surface area contributed by atoms with Crippen LogP contribution in [0.3, 0.4) is 0 Å². The summed E-state index contributed by atoms with van der Waals surface area (Å²) < 4.78 is 40.8. The van der Waals surface area contributed by atoms with E-state index in [1.54, 1.807) is 35.2 Å². The van der Waals surface area contributed by atoms with Crippen LogP contribution in [0.1, 0.15) is 24.8 Å². The Kier molecular flexibility index (Phi) is 5.62. The van der Waals surface area contributed by atoms with Crippen molar-refractivity contribution in [3.05, 3.63) is 54.4 Å². The van der Waals surface area contributed by atoms with Gasteiger partial charge in [-0.2, -0.15) is 13.2 Å². The first-order valence-electron chi connectivity index (χ1n) is 9.87. The number of piperidine rings is 1. The Morgan fingerprint density at radius 3 is 2.77 bits per heavy atom. The van der Waals surface area contributed by atoms with Crippen LogP contribution in [0.15, 0.2) is 48.8 Å². The van der Waals surface area contributed by atoms with Gasteiger partial charge in [-0.05, 0) is 54.8 Å². The summed E-state index contributed by atoms with van der Waals surface area (Å²) in [7, 11) is 0. The molecular weight excluding hydrogens is 395 g/mol. The summed E-state index contributed by atoms with van der Waals surface area (Å²) in [5.74, 6) is -0.0442. The average molecular weight is 417 g/mol. The molecule has 1 fully saturated rings. The number of benzene rings is 2. The fourth-order valence-electron chi connectivity index (χ4n) is 3.88. The van der Waals surface area contributed by atoms with Crippen LogP contribution in [-0.2, 0) is 17.5 Å². The Balaban J connectivity index is 1.57. The van der Waals surface area contributed by atoms with E-state index in [9.17, 15) is 23.1 Å². The van der Waals surface area contributed by atoms with Gasteiger partial charge in [-0.1, -0.05) is 18.2 Å². The molecule has 4 rings (SSSR count). The number of alkyl halides is 3. The number of carbonyl (C=O) groups excluding carboxylic acids is 1. The van der Waals surface area contributed by atoms with Gasteiger partial charge in [0.25, 0.3) is 0 Å². The molecule has 30 heavy (non-hydrogen) atoms. The number of imidazole rings is 1. The zero-order valence-corrected chi connectivity index (χ0v) is 16.2. The van der Waals surface area contributed by atoms with Crippen LogP contribution in [0.5, 0.6) is 0 Å². The topological polar surface area (TPSA) is 67.2 Å². The van der Waals surface area contributed by atoms with E-state index in [-0.39, 0.29) is 24.8 Å². The van der Waals surface area contributed by atoms with Crippen molar-refractivity contribution < 1.29 is 23.1 Å². The van der Waals surface area contributed by atoms with Gasteiger partial charge in [0.15, 0.2) is 5.78 Å². The van der Waals surface area contributed by atoms with E-state index in [1.165, 1.54) is 6.07 Å². The monoisotopic (exact) mass is 417 g/mol. The average Bonchev–Trinajstić information content (AvgIpc) is 3.11. The van der Waals surface area contributed by atoms with E-state index in [1.807, 2.05) is 0 Å². The highest BCUT2D eigenvalue weighted by Gasteiger charge is 2.30. The number of hydrogen-bond donors (Lipinski definition) is 2. The minimum Gasteiger partial charge on any atom is -0.391 e. The van der Waals surface area contributed by atoms with Crippen molar-refractivity contribution in [2.75, 3.05) is 6.54 Å². The highest BCUT2D eigenvalue weighted by Crippen LogP contribution is 2.33. The molecule has 2 aromatic carbocycles. The van der Waals surface area contributed by atoms with Crippen LogP contribution in [0.25, 0.3) is 22.2 Å². The van der Waals surface area contributed by atoms with Crippen LogP contribution in [0.2, 0.25) is 0 Å². The summed E-state index contributed by atoms with van der Waals surface area (Å²) in [6, 6.07) is 10.1. The molecule has 2 atom stereocenters. The number of rotatable bonds is 5. The van der Waals surface area contributed by atoms with Crippen molar-refractivity contribution in [2.45, 2.75) is 44.1 Å². The quantitative estimate of drug-likeness (QED) is 0.663. The molecule has 0 radical (unpaired) electrons. The maximum atomic E-state index is 13.0. The predicted octanol–water partition coefficient (Wildman–Crippen LogP) is 3.79. The molecule has 3 aromatic rings. The summed E-state index contributed by atoms with van der Waals surface area (Å²) in [5.41, 5.74) is 1.69. The van der Waals surface area contributed by atoms with Gasteiger partial charge in [-0.3, -0.25) is 4.79 Å². The maximum absolute atomic E-state index is 13.0. The van der Waals surface area contributed by atoms with Gasteiger partial charge in [-0.15, -0.1) is 0 Å². The van der Waals surface area contributed by atoms with Gasteiger partial charge in [0.1, 0.15) is 0 Å². The van der Waals surface area contributed by atoms with Crippen molar-refractivity contribution in [1.29, 1.82) is 0 Å². The van der Waals surface area contributed by atoms with Crippen LogP contribution >= 0.6 is 0 Å². The van der Waals surface area contributed by atoms with E-state index in [4.69, 9.17) is 0 Å². The van der Waals surface area contributed by atoms with E-state index in [0.717, 1.165) is 25.1 Å². The van der Waals surface area contributed by atoms with Gasteiger partial charge in [0.2, 0.25) is 0 Å². The molecule has 0 aliphatic carbocycles. The van der Waals surface area contributed by atoms with E-state index in [0.29, 0.717) is 28.6 Å². The molecule has 5 nitrogen and oxygen atoms in total. The zero-order valence-electron chi connectivity index (χ0n) is 16.2.